The molecule has 0 spiro atoms. The highest BCUT2D eigenvalue weighted by atomic mass is 16.3. The van der Waals surface area contributed by atoms with Crippen LogP contribution in [0, 0.1) is 17.2 Å². The number of carbonyl (C=O) groups excluding carboxylic acids is 1. The molecule has 4 aromatic rings. The fourth-order valence-corrected chi connectivity index (χ4v) is 4.84. The Morgan fingerprint density at radius 3 is 2.88 bits per heavy atom. The van der Waals surface area contributed by atoms with Gasteiger partial charge in [-0.1, -0.05) is 19.8 Å². The maximum absolute atomic E-state index is 12.2. The zero-order valence-corrected chi connectivity index (χ0v) is 19.0. The second kappa shape index (κ2) is 8.24. The molecular weight excluding hydrogens is 416 g/mol. The van der Waals surface area contributed by atoms with Crippen molar-refractivity contribution in [2.45, 2.75) is 38.6 Å². The molecule has 1 saturated carbocycles. The Balaban J connectivity index is 1.67. The van der Waals surface area contributed by atoms with E-state index >= 15 is 0 Å². The molecule has 2 atom stereocenters. The van der Waals surface area contributed by atoms with E-state index in [1.54, 1.807) is 26.4 Å². The average molecular weight is 443 g/mol. The lowest BCUT2D eigenvalue weighted by molar-refractivity contribution is -0.124. The first kappa shape index (κ1) is 21.0. The number of imidazole rings is 1. The lowest BCUT2D eigenvalue weighted by Crippen LogP contribution is -2.22. The van der Waals surface area contributed by atoms with E-state index in [1.807, 2.05) is 24.4 Å². The summed E-state index contributed by atoms with van der Waals surface area (Å²) in [7, 11) is 3.23. The van der Waals surface area contributed by atoms with Gasteiger partial charge in [0.1, 0.15) is 28.6 Å². The van der Waals surface area contributed by atoms with Crippen molar-refractivity contribution in [1.29, 1.82) is 5.26 Å². The minimum atomic E-state index is -0.361. The summed E-state index contributed by atoms with van der Waals surface area (Å²) in [6.07, 6.45) is 9.86. The molecule has 1 aliphatic carbocycles. The molecule has 5 rings (SSSR count). The second-order valence-electron chi connectivity index (χ2n) is 8.94. The fourth-order valence-electron chi connectivity index (χ4n) is 4.84. The van der Waals surface area contributed by atoms with Gasteiger partial charge in [0, 0.05) is 37.8 Å². The van der Waals surface area contributed by atoms with Crippen LogP contribution in [-0.4, -0.2) is 44.4 Å². The number of carbonyl (C=O) groups is 1. The van der Waals surface area contributed by atoms with Gasteiger partial charge in [-0.05, 0) is 37.0 Å². The third kappa shape index (κ3) is 3.59. The van der Waals surface area contributed by atoms with Crippen molar-refractivity contribution < 1.29 is 9.21 Å². The monoisotopic (exact) mass is 442 g/mol. The van der Waals surface area contributed by atoms with Crippen molar-refractivity contribution in [2.75, 3.05) is 14.1 Å². The molecule has 0 saturated heterocycles. The summed E-state index contributed by atoms with van der Waals surface area (Å²) in [5.74, 6) is 1.94. The Labute approximate surface area is 191 Å². The summed E-state index contributed by atoms with van der Waals surface area (Å²) in [6.45, 7) is 2.30. The van der Waals surface area contributed by atoms with E-state index < -0.39 is 0 Å². The largest absolute Gasteiger partial charge is 0.453 e. The molecule has 1 fully saturated rings. The Morgan fingerprint density at radius 1 is 1.30 bits per heavy atom. The van der Waals surface area contributed by atoms with Crippen LogP contribution in [0.5, 0.6) is 0 Å². The first-order chi connectivity index (χ1) is 16.0. The normalized spacial score (nSPS) is 19.2. The molecule has 1 aliphatic rings. The van der Waals surface area contributed by atoms with Crippen LogP contribution in [0.15, 0.2) is 40.6 Å². The second-order valence-corrected chi connectivity index (χ2v) is 8.94. The number of likely N-dealkylation sites (N-methyl/N-ethyl adjacent to an activating group) is 1. The first-order valence-electron chi connectivity index (χ1n) is 11.3. The molecule has 8 nitrogen and oxygen atoms in total. The molecule has 0 unspecified atom stereocenters. The standard InChI is InChI=1S/C25H26N6O2/c1-15-6-4-5-7-20(15)31-22-18-10-11-27-23(18)28-14-19(22)29-24(31)21-9-8-17(33-21)12-16(13-26)25(32)30(2)3/h8-12,14-15,20H,4-7H2,1-3H3,(H,27,28)/t15-,20+/m1/s1. The van der Waals surface area contributed by atoms with Gasteiger partial charge in [0.2, 0.25) is 0 Å². The summed E-state index contributed by atoms with van der Waals surface area (Å²) < 4.78 is 8.43. The summed E-state index contributed by atoms with van der Waals surface area (Å²) in [5, 5.41) is 10.5. The van der Waals surface area contributed by atoms with Gasteiger partial charge < -0.3 is 18.9 Å². The summed E-state index contributed by atoms with van der Waals surface area (Å²) >= 11 is 0. The van der Waals surface area contributed by atoms with Crippen LogP contribution in [0.4, 0.5) is 0 Å². The van der Waals surface area contributed by atoms with Crippen LogP contribution < -0.4 is 0 Å². The number of hydrogen-bond acceptors (Lipinski definition) is 5. The Morgan fingerprint density at radius 2 is 2.12 bits per heavy atom. The molecular formula is C25H26N6O2. The number of nitrogens with zero attached hydrogens (tertiary/aromatic N) is 5. The molecule has 4 aromatic heterocycles. The van der Waals surface area contributed by atoms with Crippen molar-refractivity contribution in [1.82, 2.24) is 24.4 Å². The van der Waals surface area contributed by atoms with E-state index in [2.05, 4.69) is 21.5 Å². The Kier molecular flexibility index (Phi) is 5.25. The number of furan rings is 1. The first-order valence-corrected chi connectivity index (χ1v) is 11.3. The highest BCUT2D eigenvalue weighted by molar-refractivity contribution is 6.02. The van der Waals surface area contributed by atoms with Crippen LogP contribution in [-0.2, 0) is 4.79 Å². The molecule has 1 N–H and O–H groups in total. The topological polar surface area (TPSA) is 104 Å². The number of H-pyrrole nitrogens is 1. The number of nitriles is 1. The average Bonchev–Trinajstić information content (AvgIpc) is 3.54. The van der Waals surface area contributed by atoms with Crippen LogP contribution in [0.3, 0.4) is 0 Å². The van der Waals surface area contributed by atoms with Gasteiger partial charge in [-0.2, -0.15) is 5.26 Å². The van der Waals surface area contributed by atoms with Crippen molar-refractivity contribution >= 4 is 34.1 Å². The number of fused-ring (bicyclic) bond motifs is 3. The van der Waals surface area contributed by atoms with Crippen LogP contribution in [0.25, 0.3) is 39.7 Å². The van der Waals surface area contributed by atoms with Crippen LogP contribution >= 0.6 is 0 Å². The molecule has 4 heterocycles. The van der Waals surface area contributed by atoms with Crippen LogP contribution in [0.1, 0.15) is 44.4 Å². The highest BCUT2D eigenvalue weighted by Crippen LogP contribution is 2.41. The summed E-state index contributed by atoms with van der Waals surface area (Å²) in [4.78, 5) is 26.3. The maximum Gasteiger partial charge on any atom is 0.264 e. The number of amides is 1. The Hall–Kier alpha value is -3.86. The lowest BCUT2D eigenvalue weighted by Gasteiger charge is -2.31. The number of pyridine rings is 1. The number of nitrogens with one attached hydrogen (secondary N) is 1. The predicted molar refractivity (Wildman–Crippen MR) is 126 cm³/mol. The highest BCUT2D eigenvalue weighted by Gasteiger charge is 2.29. The smallest absolute Gasteiger partial charge is 0.264 e. The third-order valence-electron chi connectivity index (χ3n) is 6.52. The Bertz CT molecular complexity index is 1410. The number of aromatic amines is 1. The van der Waals surface area contributed by atoms with Crippen molar-refractivity contribution in [3.8, 4) is 17.7 Å². The summed E-state index contributed by atoms with van der Waals surface area (Å²) in [5.41, 5.74) is 2.74. The number of hydrogen-bond donors (Lipinski definition) is 1. The van der Waals surface area contributed by atoms with Crippen LogP contribution in [0.2, 0.25) is 0 Å². The molecule has 0 radical (unpaired) electrons. The van der Waals surface area contributed by atoms with Gasteiger partial charge >= 0.3 is 0 Å². The third-order valence-corrected chi connectivity index (χ3v) is 6.52. The van der Waals surface area contributed by atoms with Gasteiger partial charge in [-0.15, -0.1) is 0 Å². The van der Waals surface area contributed by atoms with E-state index in [4.69, 9.17) is 9.40 Å². The van der Waals surface area contributed by atoms with Gasteiger partial charge in [0.15, 0.2) is 11.6 Å². The van der Waals surface area contributed by atoms with E-state index in [-0.39, 0.29) is 11.5 Å². The molecule has 0 aromatic carbocycles. The molecule has 1 amide bonds. The van der Waals surface area contributed by atoms with Gasteiger partial charge in [0.25, 0.3) is 5.91 Å². The van der Waals surface area contributed by atoms with Crippen molar-refractivity contribution in [3.63, 3.8) is 0 Å². The van der Waals surface area contributed by atoms with E-state index in [9.17, 15) is 10.1 Å². The molecule has 0 bridgehead atoms. The minimum Gasteiger partial charge on any atom is -0.453 e. The lowest BCUT2D eigenvalue weighted by atomic mass is 9.85. The quantitative estimate of drug-likeness (QED) is 0.357. The van der Waals surface area contributed by atoms with Gasteiger partial charge in [0.05, 0.1) is 11.7 Å². The SMILES string of the molecule is C[C@@H]1CCCC[C@@H]1n1c(-c2ccc(C=C(C#N)C(=O)N(C)C)o2)nc2cnc3[nH]ccc3c21. The molecule has 168 valence electrons. The number of rotatable bonds is 4. The van der Waals surface area contributed by atoms with Crippen molar-refractivity contribution in [2.24, 2.45) is 5.92 Å². The van der Waals surface area contributed by atoms with Crippen molar-refractivity contribution in [3.05, 3.63) is 41.9 Å². The number of aromatic nitrogens is 4. The predicted octanol–water partition coefficient (Wildman–Crippen LogP) is 4.92. The zero-order chi connectivity index (χ0) is 23.1. The molecule has 8 heteroatoms. The van der Waals surface area contributed by atoms with Gasteiger partial charge in [-0.3, -0.25) is 4.79 Å². The van der Waals surface area contributed by atoms with E-state index in [0.717, 1.165) is 34.3 Å². The minimum absolute atomic E-state index is 0.0218. The summed E-state index contributed by atoms with van der Waals surface area (Å²) in [6, 6.07) is 7.94. The fraction of sp³-hybridized carbons (Fsp3) is 0.360. The molecule has 33 heavy (non-hydrogen) atoms. The van der Waals surface area contributed by atoms with E-state index in [1.165, 1.54) is 30.2 Å². The zero-order valence-electron chi connectivity index (χ0n) is 19.0. The van der Waals surface area contributed by atoms with E-state index in [0.29, 0.717) is 23.5 Å². The maximum atomic E-state index is 12.2. The molecule has 0 aliphatic heterocycles. The van der Waals surface area contributed by atoms with Gasteiger partial charge in [-0.25, -0.2) is 9.97 Å².